The van der Waals surface area contributed by atoms with Gasteiger partial charge in [-0.05, 0) is 81.1 Å². The molecule has 0 atom stereocenters. The van der Waals surface area contributed by atoms with Gasteiger partial charge in [-0.3, -0.25) is 0 Å². The summed E-state index contributed by atoms with van der Waals surface area (Å²) in [7, 11) is -2.79. The number of aryl methyl sites for hydroxylation is 2. The lowest BCUT2D eigenvalue weighted by molar-refractivity contribution is 1.06. The predicted molar refractivity (Wildman–Crippen MR) is 269 cm³/mol. The van der Waals surface area contributed by atoms with Crippen LogP contribution in [-0.4, -0.2) is 27.6 Å². The van der Waals surface area contributed by atoms with Crippen LogP contribution in [0.25, 0.3) is 72.8 Å². The second kappa shape index (κ2) is 16.4. The zero-order valence-corrected chi connectivity index (χ0v) is 36.7. The van der Waals surface area contributed by atoms with Gasteiger partial charge in [0, 0.05) is 27.5 Å². The number of rotatable bonds is 9. The van der Waals surface area contributed by atoms with Crippen LogP contribution in [0.2, 0.25) is 0 Å². The molecule has 0 saturated heterocycles. The van der Waals surface area contributed by atoms with E-state index in [0.717, 1.165) is 44.5 Å². The van der Waals surface area contributed by atoms with E-state index in [0.29, 0.717) is 17.5 Å². The van der Waals surface area contributed by atoms with Crippen molar-refractivity contribution in [3.63, 3.8) is 0 Å². The van der Waals surface area contributed by atoms with Gasteiger partial charge in [0.1, 0.15) is 0 Å². The first kappa shape index (κ1) is 38.9. The minimum atomic E-state index is -2.79. The zero-order chi connectivity index (χ0) is 43.0. The van der Waals surface area contributed by atoms with Crippen LogP contribution in [0.3, 0.4) is 0 Å². The second-order valence-corrected chi connectivity index (χ2v) is 20.4. The average molecular weight is 837 g/mol. The van der Waals surface area contributed by atoms with E-state index in [9.17, 15) is 0 Å². The molecule has 0 bridgehead atoms. The molecule has 5 heteroatoms. The lowest BCUT2D eigenvalue weighted by Crippen LogP contribution is -2.74. The Kier molecular flexibility index (Phi) is 9.95. The second-order valence-electron chi connectivity index (χ2n) is 16.6. The van der Waals surface area contributed by atoms with Crippen molar-refractivity contribution in [2.75, 3.05) is 0 Å². The molecule has 2 aromatic heterocycles. The minimum Gasteiger partial charge on any atom is -0.308 e. The fourth-order valence-corrected chi connectivity index (χ4v) is 14.3. The molecule has 0 radical (unpaired) electrons. The summed E-state index contributed by atoms with van der Waals surface area (Å²) in [6.07, 6.45) is 0. The van der Waals surface area contributed by atoms with Crippen molar-refractivity contribution in [2.24, 2.45) is 0 Å². The van der Waals surface area contributed by atoms with Crippen molar-refractivity contribution in [3.05, 3.63) is 242 Å². The molecular weight excluding hydrogens is 793 g/mol. The fourth-order valence-electron chi connectivity index (χ4n) is 9.51. The molecule has 0 aliphatic carbocycles. The van der Waals surface area contributed by atoms with Crippen LogP contribution in [-0.2, 0) is 0 Å². The highest BCUT2D eigenvalue weighted by atomic mass is 28.3. The molecule has 304 valence electrons. The van der Waals surface area contributed by atoms with Gasteiger partial charge in [-0.15, -0.1) is 0 Å². The number of fused-ring (bicyclic) bond motifs is 3. The molecule has 0 N–H and O–H groups in total. The number of hydrogen-bond donors (Lipinski definition) is 0. The van der Waals surface area contributed by atoms with Crippen LogP contribution in [0.15, 0.2) is 231 Å². The standard InChI is InChI=1S/C59H44N4Si/c1-41-31-34-51-52-35-32-42(2)38-55(52)63(54(51)37-41)56-40-46(33-36-53(56)59-61-57(43-19-8-3-9-20-43)60-58(62-59)44-21-10-4-11-22-44)45-23-18-30-50(39-45)64(47-24-12-5-13-25-47,48-26-14-6-15-27-48)49-28-16-7-17-29-49/h3-40H,1-2H3. The topological polar surface area (TPSA) is 43.6 Å². The maximum atomic E-state index is 5.28. The third-order valence-electron chi connectivity index (χ3n) is 12.5. The Morgan fingerprint density at radius 3 is 1.22 bits per heavy atom. The van der Waals surface area contributed by atoms with Crippen molar-refractivity contribution >= 4 is 50.6 Å². The third kappa shape index (κ3) is 6.83. The highest BCUT2D eigenvalue weighted by Gasteiger charge is 2.41. The summed E-state index contributed by atoms with van der Waals surface area (Å²) in [5, 5.41) is 7.75. The van der Waals surface area contributed by atoms with Crippen molar-refractivity contribution < 1.29 is 0 Å². The average Bonchev–Trinajstić information content (AvgIpc) is 3.67. The molecule has 0 aliphatic heterocycles. The van der Waals surface area contributed by atoms with Gasteiger partial charge in [0.2, 0.25) is 0 Å². The normalized spacial score (nSPS) is 11.6. The van der Waals surface area contributed by atoms with Crippen molar-refractivity contribution in [1.29, 1.82) is 0 Å². The number of hydrogen-bond acceptors (Lipinski definition) is 3. The number of benzene rings is 9. The van der Waals surface area contributed by atoms with Gasteiger partial charge in [0.15, 0.2) is 25.5 Å². The summed E-state index contributed by atoms with van der Waals surface area (Å²) < 4.78 is 2.43. The fraction of sp³-hybridized carbons (Fsp3) is 0.0339. The highest BCUT2D eigenvalue weighted by molar-refractivity contribution is 7.19. The Bertz CT molecular complexity index is 3230. The van der Waals surface area contributed by atoms with Crippen LogP contribution in [0.4, 0.5) is 0 Å². The van der Waals surface area contributed by atoms with Crippen LogP contribution in [0.5, 0.6) is 0 Å². The summed E-state index contributed by atoms with van der Waals surface area (Å²) >= 11 is 0. The molecule has 4 nitrogen and oxygen atoms in total. The van der Waals surface area contributed by atoms with E-state index in [1.807, 2.05) is 36.4 Å². The van der Waals surface area contributed by atoms with Crippen molar-refractivity contribution in [1.82, 2.24) is 19.5 Å². The number of aromatic nitrogens is 4. The van der Waals surface area contributed by atoms with Gasteiger partial charge >= 0.3 is 0 Å². The maximum absolute atomic E-state index is 5.28. The lowest BCUT2D eigenvalue weighted by atomic mass is 10.0. The van der Waals surface area contributed by atoms with E-state index in [1.54, 1.807) is 0 Å². The monoisotopic (exact) mass is 836 g/mol. The molecular formula is C59H44N4Si. The van der Waals surface area contributed by atoms with E-state index < -0.39 is 8.07 Å². The van der Waals surface area contributed by atoms with Gasteiger partial charge in [0.05, 0.1) is 16.7 Å². The molecule has 9 aromatic carbocycles. The third-order valence-corrected chi connectivity index (χ3v) is 17.3. The van der Waals surface area contributed by atoms with Crippen LogP contribution < -0.4 is 20.7 Å². The Balaban J connectivity index is 1.20. The molecule has 0 saturated carbocycles. The molecule has 0 unspecified atom stereocenters. The predicted octanol–water partition coefficient (Wildman–Crippen LogP) is 11.6. The first-order chi connectivity index (χ1) is 31.5. The zero-order valence-electron chi connectivity index (χ0n) is 35.7. The summed E-state index contributed by atoms with van der Waals surface area (Å²) in [6, 6.07) is 83.4. The minimum absolute atomic E-state index is 0.613. The van der Waals surface area contributed by atoms with Gasteiger partial charge in [-0.25, -0.2) is 15.0 Å². The largest absolute Gasteiger partial charge is 0.308 e. The SMILES string of the molecule is Cc1ccc2c3ccc(C)cc3n(-c3cc(-c4cccc([Si](c5ccccc5)(c5ccccc5)c5ccccc5)c4)ccc3-c3nc(-c4ccccc4)nc(-c4ccccc4)n3)c2c1. The molecule has 11 aromatic rings. The molecule has 0 spiro atoms. The van der Waals surface area contributed by atoms with E-state index in [-0.39, 0.29) is 0 Å². The molecule has 0 aliphatic rings. The van der Waals surface area contributed by atoms with Gasteiger partial charge in [0.25, 0.3) is 0 Å². The quantitative estimate of drug-likeness (QED) is 0.107. The molecule has 0 fully saturated rings. The summed E-state index contributed by atoms with van der Waals surface area (Å²) in [6.45, 7) is 4.34. The maximum Gasteiger partial charge on any atom is 0.179 e. The van der Waals surface area contributed by atoms with E-state index in [4.69, 9.17) is 15.0 Å². The van der Waals surface area contributed by atoms with E-state index in [2.05, 4.69) is 213 Å². The summed E-state index contributed by atoms with van der Waals surface area (Å²) in [4.78, 5) is 15.6. The van der Waals surface area contributed by atoms with Gasteiger partial charge in [-0.1, -0.05) is 206 Å². The van der Waals surface area contributed by atoms with Crippen LogP contribution >= 0.6 is 0 Å². The van der Waals surface area contributed by atoms with E-state index >= 15 is 0 Å². The molecule has 0 amide bonds. The van der Waals surface area contributed by atoms with Crippen molar-refractivity contribution in [3.8, 4) is 51.0 Å². The summed E-state index contributed by atoms with van der Waals surface area (Å²) in [5.41, 5.74) is 10.7. The van der Waals surface area contributed by atoms with E-state index in [1.165, 1.54) is 42.6 Å². The first-order valence-corrected chi connectivity index (χ1v) is 23.9. The molecule has 2 heterocycles. The molecule has 11 rings (SSSR count). The van der Waals surface area contributed by atoms with Gasteiger partial charge in [-0.2, -0.15) is 0 Å². The Hall–Kier alpha value is -7.99. The summed E-state index contributed by atoms with van der Waals surface area (Å²) in [5.74, 6) is 1.87. The Morgan fingerprint density at radius 2 is 0.734 bits per heavy atom. The Labute approximate surface area is 374 Å². The smallest absolute Gasteiger partial charge is 0.179 e. The van der Waals surface area contributed by atoms with Crippen molar-refractivity contribution in [2.45, 2.75) is 13.8 Å². The molecule has 64 heavy (non-hydrogen) atoms. The number of nitrogens with zero attached hydrogens (tertiary/aromatic N) is 4. The van der Waals surface area contributed by atoms with Crippen LogP contribution in [0, 0.1) is 13.8 Å². The Morgan fingerprint density at radius 1 is 0.328 bits per heavy atom. The van der Waals surface area contributed by atoms with Crippen LogP contribution in [0.1, 0.15) is 11.1 Å². The first-order valence-electron chi connectivity index (χ1n) is 21.9. The highest BCUT2D eigenvalue weighted by Crippen LogP contribution is 2.39. The van der Waals surface area contributed by atoms with Gasteiger partial charge < -0.3 is 4.57 Å². The lowest BCUT2D eigenvalue weighted by Gasteiger charge is -2.34.